The van der Waals surface area contributed by atoms with Crippen LogP contribution in [0.25, 0.3) is 15.7 Å². The molecule has 0 unspecified atom stereocenters. The van der Waals surface area contributed by atoms with Crippen molar-refractivity contribution >= 4 is 32.5 Å². The average molecular weight is 384 g/mol. The lowest BCUT2D eigenvalue weighted by molar-refractivity contribution is -0.264. The van der Waals surface area contributed by atoms with Crippen molar-refractivity contribution in [3.05, 3.63) is 65.1 Å². The molecule has 0 fully saturated rings. The van der Waals surface area contributed by atoms with E-state index in [-0.39, 0.29) is 27.0 Å². The Morgan fingerprint density at radius 1 is 1.07 bits per heavy atom. The molecule has 0 saturated carbocycles. The van der Waals surface area contributed by atoms with Crippen LogP contribution in [0.3, 0.4) is 0 Å². The van der Waals surface area contributed by atoms with Crippen LogP contribution in [0.15, 0.2) is 59.5 Å². The predicted molar refractivity (Wildman–Crippen MR) is 93.7 cm³/mol. The summed E-state index contributed by atoms with van der Waals surface area (Å²) in [7, 11) is -3.13. The first-order valence-electron chi connectivity index (χ1n) is 7.58. The number of ether oxygens (including phenoxy) is 1. The first kappa shape index (κ1) is 18.2. The lowest BCUT2D eigenvalue weighted by atomic mass is 10.1. The van der Waals surface area contributed by atoms with Gasteiger partial charge >= 0.3 is 21.8 Å². The van der Waals surface area contributed by atoms with Gasteiger partial charge in [0.2, 0.25) is 5.39 Å². The van der Waals surface area contributed by atoms with Crippen molar-refractivity contribution in [3.8, 4) is 11.5 Å². The van der Waals surface area contributed by atoms with Gasteiger partial charge in [-0.05, 0) is 35.4 Å². The molecule has 8 nitrogen and oxygen atoms in total. The number of diazo groups is 1. The summed E-state index contributed by atoms with van der Waals surface area (Å²) in [5.41, 5.74) is -0.193. The number of benzene rings is 3. The number of hydrogen-bond acceptors (Lipinski definition) is 7. The van der Waals surface area contributed by atoms with Gasteiger partial charge in [-0.25, -0.2) is 4.79 Å². The van der Waals surface area contributed by atoms with Crippen LogP contribution < -0.4 is 9.29 Å². The van der Waals surface area contributed by atoms with Gasteiger partial charge in [0.05, 0.1) is 18.7 Å². The molecule has 3 aromatic rings. The summed E-state index contributed by atoms with van der Waals surface area (Å²) in [5, 5.41) is 21.4. The highest BCUT2D eigenvalue weighted by Crippen LogP contribution is 2.37. The molecule has 136 valence electrons. The number of carbonyl (C=O) groups is 1. The number of rotatable bonds is 4. The van der Waals surface area contributed by atoms with Crippen molar-refractivity contribution in [1.82, 2.24) is 0 Å². The smallest absolute Gasteiger partial charge is 0.379 e. The van der Waals surface area contributed by atoms with Crippen molar-refractivity contribution < 1.29 is 27.2 Å². The standard InChI is InChI=1S/C18H12N2O6S/c1-25-18(22)11-6-8-12(9-7-11)26-27(23,24)16-10-15(20-19)17(21)14-5-3-2-4-13(14)16/h2-10H,1H3. The van der Waals surface area contributed by atoms with Gasteiger partial charge in [-0.2, -0.15) is 8.42 Å². The quantitative estimate of drug-likeness (QED) is 0.385. The molecule has 0 atom stereocenters. The lowest BCUT2D eigenvalue weighted by Crippen LogP contribution is -2.11. The SMILES string of the molecule is COC(=O)c1ccc(OS(=O)(=O)c2cc([N+]#N)c([O-])c3ccccc23)cc1. The van der Waals surface area contributed by atoms with Crippen molar-refractivity contribution in [2.75, 3.05) is 7.11 Å². The van der Waals surface area contributed by atoms with E-state index < -0.39 is 27.5 Å². The van der Waals surface area contributed by atoms with Crippen LogP contribution in [0.4, 0.5) is 5.69 Å². The summed E-state index contributed by atoms with van der Waals surface area (Å²) in [5.74, 6) is -1.22. The number of carbonyl (C=O) groups excluding carboxylic acids is 1. The molecule has 3 rings (SSSR count). The van der Waals surface area contributed by atoms with E-state index in [0.29, 0.717) is 0 Å². The predicted octanol–water partition coefficient (Wildman–Crippen LogP) is 2.95. The maximum Gasteiger partial charge on any atom is 0.379 e. The van der Waals surface area contributed by atoms with E-state index in [9.17, 15) is 18.3 Å². The first-order chi connectivity index (χ1) is 12.9. The third kappa shape index (κ3) is 3.38. The molecular formula is C18H12N2O6S. The molecule has 0 aliphatic heterocycles. The molecule has 0 radical (unpaired) electrons. The number of esters is 1. The van der Waals surface area contributed by atoms with Crippen molar-refractivity contribution in [2.24, 2.45) is 0 Å². The van der Waals surface area contributed by atoms with Crippen molar-refractivity contribution in [1.29, 1.82) is 5.39 Å². The fourth-order valence-corrected chi connectivity index (χ4v) is 3.68. The number of fused-ring (bicyclic) bond motifs is 1. The van der Waals surface area contributed by atoms with Crippen LogP contribution >= 0.6 is 0 Å². The van der Waals surface area contributed by atoms with Gasteiger partial charge < -0.3 is 14.0 Å². The molecule has 0 spiro atoms. The summed E-state index contributed by atoms with van der Waals surface area (Å²) in [6.45, 7) is 0. The van der Waals surface area contributed by atoms with Gasteiger partial charge in [0, 0.05) is 5.39 Å². The Kier molecular flexibility index (Phi) is 4.66. The third-order valence-electron chi connectivity index (χ3n) is 3.80. The van der Waals surface area contributed by atoms with Crippen LogP contribution in [0.1, 0.15) is 10.4 Å². The molecule has 0 aliphatic carbocycles. The fourth-order valence-electron chi connectivity index (χ4n) is 2.52. The van der Waals surface area contributed by atoms with Crippen LogP contribution in [0.5, 0.6) is 11.5 Å². The Labute approximate surface area is 154 Å². The minimum Gasteiger partial charge on any atom is -0.867 e. The Balaban J connectivity index is 2.07. The van der Waals surface area contributed by atoms with Crippen molar-refractivity contribution in [2.45, 2.75) is 4.90 Å². The molecule has 27 heavy (non-hydrogen) atoms. The number of nitrogens with zero attached hydrogens (tertiary/aromatic N) is 2. The summed E-state index contributed by atoms with van der Waals surface area (Å²) in [6, 6.07) is 12.3. The second-order valence-corrected chi connectivity index (χ2v) is 6.94. The zero-order chi connectivity index (χ0) is 19.6. The summed E-state index contributed by atoms with van der Waals surface area (Å²) < 4.78 is 35.1. The zero-order valence-corrected chi connectivity index (χ0v) is 14.8. The van der Waals surface area contributed by atoms with Crippen molar-refractivity contribution in [3.63, 3.8) is 0 Å². The molecule has 3 aromatic carbocycles. The molecule has 0 heterocycles. The molecule has 0 aliphatic rings. The second kappa shape index (κ2) is 6.93. The number of methoxy groups -OCH3 is 1. The first-order valence-corrected chi connectivity index (χ1v) is 8.99. The van der Waals surface area contributed by atoms with E-state index in [1.807, 2.05) is 0 Å². The van der Waals surface area contributed by atoms with E-state index in [4.69, 9.17) is 9.58 Å². The molecule has 0 aromatic heterocycles. The minimum absolute atomic E-state index is 0.0413. The summed E-state index contributed by atoms with van der Waals surface area (Å²) in [4.78, 5) is 14.0. The molecule has 9 heteroatoms. The summed E-state index contributed by atoms with van der Waals surface area (Å²) >= 11 is 0. The normalized spacial score (nSPS) is 11.0. The van der Waals surface area contributed by atoms with Gasteiger partial charge in [0.15, 0.2) is 4.98 Å². The van der Waals surface area contributed by atoms with E-state index in [1.54, 1.807) is 12.1 Å². The van der Waals surface area contributed by atoms with E-state index >= 15 is 0 Å². The Bertz CT molecular complexity index is 1180. The topological polar surface area (TPSA) is 121 Å². The summed E-state index contributed by atoms with van der Waals surface area (Å²) in [6.07, 6.45) is 0. The molecule has 0 saturated heterocycles. The van der Waals surface area contributed by atoms with E-state index in [2.05, 4.69) is 9.71 Å². The average Bonchev–Trinajstić information content (AvgIpc) is 2.68. The largest absolute Gasteiger partial charge is 0.867 e. The van der Waals surface area contributed by atoms with Gasteiger partial charge in [-0.3, -0.25) is 0 Å². The van der Waals surface area contributed by atoms with Crippen LogP contribution in [-0.2, 0) is 14.9 Å². The second-order valence-electron chi connectivity index (χ2n) is 5.42. The van der Waals surface area contributed by atoms with E-state index in [1.165, 1.54) is 43.5 Å². The van der Waals surface area contributed by atoms with Crippen LogP contribution in [0, 0.1) is 5.39 Å². The monoisotopic (exact) mass is 384 g/mol. The molecule has 0 amide bonds. The highest BCUT2D eigenvalue weighted by molar-refractivity contribution is 7.87. The van der Waals surface area contributed by atoms with Gasteiger partial charge in [-0.1, -0.05) is 24.3 Å². The number of hydrogen-bond donors (Lipinski definition) is 0. The van der Waals surface area contributed by atoms with Crippen LogP contribution in [-0.4, -0.2) is 21.5 Å². The molecular weight excluding hydrogens is 372 g/mol. The molecule has 0 N–H and O–H groups in total. The van der Waals surface area contributed by atoms with Gasteiger partial charge in [0.25, 0.3) is 0 Å². The maximum atomic E-state index is 12.7. The Morgan fingerprint density at radius 3 is 2.30 bits per heavy atom. The highest BCUT2D eigenvalue weighted by atomic mass is 32.2. The zero-order valence-electron chi connectivity index (χ0n) is 13.9. The Hall–Kier alpha value is -3.64. The van der Waals surface area contributed by atoms with E-state index in [0.717, 1.165) is 6.07 Å². The van der Waals surface area contributed by atoms with Gasteiger partial charge in [-0.15, -0.1) is 0 Å². The van der Waals surface area contributed by atoms with Crippen LogP contribution in [0.2, 0.25) is 0 Å². The minimum atomic E-state index is -4.35. The fraction of sp³-hybridized carbons (Fsp3) is 0.0556. The third-order valence-corrected chi connectivity index (χ3v) is 5.08. The lowest BCUT2D eigenvalue weighted by Gasteiger charge is -2.13. The molecule has 0 bridgehead atoms. The highest BCUT2D eigenvalue weighted by Gasteiger charge is 2.25. The van der Waals surface area contributed by atoms with Gasteiger partial charge in [0.1, 0.15) is 10.6 Å². The Morgan fingerprint density at radius 2 is 1.70 bits per heavy atom. The maximum absolute atomic E-state index is 12.7.